The number of ether oxygens (including phenoxy) is 1. The lowest BCUT2D eigenvalue weighted by Crippen LogP contribution is -2.41. The van der Waals surface area contributed by atoms with Crippen molar-refractivity contribution in [3.05, 3.63) is 58.3 Å². The van der Waals surface area contributed by atoms with E-state index in [2.05, 4.69) is 5.32 Å². The minimum atomic E-state index is -0.935. The fourth-order valence-corrected chi connectivity index (χ4v) is 4.18. The summed E-state index contributed by atoms with van der Waals surface area (Å²) in [6.07, 6.45) is 2.09. The van der Waals surface area contributed by atoms with Crippen molar-refractivity contribution in [1.29, 1.82) is 0 Å². The number of benzene rings is 1. The lowest BCUT2D eigenvalue weighted by molar-refractivity contribution is -0.161. The van der Waals surface area contributed by atoms with E-state index >= 15 is 0 Å². The van der Waals surface area contributed by atoms with Gasteiger partial charge < -0.3 is 15.0 Å². The molecule has 1 N–H and O–H groups in total. The minimum absolute atomic E-state index is 0.0118. The molecule has 1 atom stereocenters. The molecule has 1 aliphatic carbocycles. The zero-order valence-corrected chi connectivity index (χ0v) is 16.9. The molecule has 152 valence electrons. The van der Waals surface area contributed by atoms with Gasteiger partial charge in [0.2, 0.25) is 6.10 Å². The molecule has 1 aromatic carbocycles. The molecule has 2 fully saturated rings. The van der Waals surface area contributed by atoms with Crippen LogP contribution in [0.4, 0.5) is 0 Å². The Hall–Kier alpha value is -2.67. The maximum atomic E-state index is 12.8. The summed E-state index contributed by atoms with van der Waals surface area (Å²) in [5.41, 5.74) is 0.671. The third-order valence-corrected chi connectivity index (χ3v) is 6.20. The number of carbonyl (C=O) groups is 3. The number of carbonyl (C=O) groups excluding carboxylic acids is 3. The van der Waals surface area contributed by atoms with E-state index in [1.807, 2.05) is 35.7 Å². The standard InChI is InChI=1S/C22H24N2O4S/c25-20(23-17-8-9-17)19(15-5-2-1-3-6-15)28-22(27)16-10-12-24(13-11-16)21(26)18-7-4-14-29-18/h1-7,14,16-17,19H,8-13H2,(H,23,25)/t19-/m0/s1. The molecule has 29 heavy (non-hydrogen) atoms. The number of nitrogens with zero attached hydrogens (tertiary/aromatic N) is 1. The molecule has 1 aliphatic heterocycles. The summed E-state index contributed by atoms with van der Waals surface area (Å²) in [7, 11) is 0. The van der Waals surface area contributed by atoms with E-state index < -0.39 is 6.10 Å². The van der Waals surface area contributed by atoms with Crippen LogP contribution in [0.2, 0.25) is 0 Å². The van der Waals surface area contributed by atoms with E-state index in [1.165, 1.54) is 11.3 Å². The molecule has 7 heteroatoms. The SMILES string of the molecule is O=C(O[C@H](C(=O)NC1CC1)c1ccccc1)C1CCN(C(=O)c2cccs2)CC1. The predicted octanol–water partition coefficient (Wildman–Crippen LogP) is 3.16. The third kappa shape index (κ3) is 4.85. The third-order valence-electron chi connectivity index (χ3n) is 5.35. The summed E-state index contributed by atoms with van der Waals surface area (Å²) in [4.78, 5) is 40.4. The molecule has 2 aliphatic rings. The lowest BCUT2D eigenvalue weighted by Gasteiger charge is -2.31. The summed E-state index contributed by atoms with van der Waals surface area (Å²) >= 11 is 1.42. The number of esters is 1. The van der Waals surface area contributed by atoms with E-state index in [-0.39, 0.29) is 29.7 Å². The summed E-state index contributed by atoms with van der Waals surface area (Å²) in [6, 6.07) is 13.0. The van der Waals surface area contributed by atoms with Crippen LogP contribution in [-0.2, 0) is 14.3 Å². The summed E-state index contributed by atoms with van der Waals surface area (Å²) in [5, 5.41) is 4.81. The van der Waals surface area contributed by atoms with Gasteiger partial charge in [-0.2, -0.15) is 0 Å². The van der Waals surface area contributed by atoms with Gasteiger partial charge in [0.05, 0.1) is 10.8 Å². The smallest absolute Gasteiger partial charge is 0.310 e. The summed E-state index contributed by atoms with van der Waals surface area (Å²) in [5.74, 6) is -0.925. The van der Waals surface area contributed by atoms with Gasteiger partial charge >= 0.3 is 5.97 Å². The molecule has 0 radical (unpaired) electrons. The van der Waals surface area contributed by atoms with Gasteiger partial charge in [0, 0.05) is 24.7 Å². The van der Waals surface area contributed by atoms with E-state index in [1.54, 1.807) is 17.0 Å². The molecule has 1 aromatic heterocycles. The number of likely N-dealkylation sites (tertiary alicyclic amines) is 1. The maximum absolute atomic E-state index is 12.8. The highest BCUT2D eigenvalue weighted by atomic mass is 32.1. The molecule has 2 amide bonds. The molecule has 2 aromatic rings. The van der Waals surface area contributed by atoms with Crippen LogP contribution >= 0.6 is 11.3 Å². The van der Waals surface area contributed by atoms with Crippen molar-refractivity contribution in [3.63, 3.8) is 0 Å². The highest BCUT2D eigenvalue weighted by molar-refractivity contribution is 7.12. The summed E-state index contributed by atoms with van der Waals surface area (Å²) < 4.78 is 5.68. The van der Waals surface area contributed by atoms with Gasteiger partial charge in [-0.15, -0.1) is 11.3 Å². The van der Waals surface area contributed by atoms with Crippen molar-refractivity contribution < 1.29 is 19.1 Å². The first-order valence-corrected chi connectivity index (χ1v) is 10.9. The largest absolute Gasteiger partial charge is 0.447 e. The molecule has 0 unspecified atom stereocenters. The van der Waals surface area contributed by atoms with E-state index in [9.17, 15) is 14.4 Å². The van der Waals surface area contributed by atoms with Crippen LogP contribution in [0.3, 0.4) is 0 Å². The molecule has 1 saturated carbocycles. The normalized spacial score (nSPS) is 18.1. The van der Waals surface area contributed by atoms with Crippen molar-refractivity contribution in [2.75, 3.05) is 13.1 Å². The monoisotopic (exact) mass is 412 g/mol. The zero-order valence-electron chi connectivity index (χ0n) is 16.1. The Bertz CT molecular complexity index is 856. The Morgan fingerprint density at radius 3 is 2.34 bits per heavy atom. The van der Waals surface area contributed by atoms with Gasteiger partial charge in [0.25, 0.3) is 11.8 Å². The van der Waals surface area contributed by atoms with Gasteiger partial charge in [-0.3, -0.25) is 14.4 Å². The zero-order chi connectivity index (χ0) is 20.2. The second-order valence-corrected chi connectivity index (χ2v) is 8.50. The Kier molecular flexibility index (Phi) is 5.94. The maximum Gasteiger partial charge on any atom is 0.310 e. The van der Waals surface area contributed by atoms with Gasteiger partial charge in [-0.25, -0.2) is 0 Å². The second-order valence-electron chi connectivity index (χ2n) is 7.55. The van der Waals surface area contributed by atoms with Crippen molar-refractivity contribution in [2.45, 2.75) is 37.8 Å². The Morgan fingerprint density at radius 2 is 1.72 bits per heavy atom. The number of hydrogen-bond acceptors (Lipinski definition) is 5. The van der Waals surface area contributed by atoms with Crippen LogP contribution in [-0.4, -0.2) is 41.8 Å². The number of nitrogens with one attached hydrogen (secondary N) is 1. The van der Waals surface area contributed by atoms with Crippen molar-refractivity contribution in [3.8, 4) is 0 Å². The molecule has 6 nitrogen and oxygen atoms in total. The number of piperidine rings is 1. The topological polar surface area (TPSA) is 75.7 Å². The van der Waals surface area contributed by atoms with Crippen LogP contribution in [0.5, 0.6) is 0 Å². The minimum Gasteiger partial charge on any atom is -0.447 e. The average Bonchev–Trinajstić information content (AvgIpc) is 3.40. The van der Waals surface area contributed by atoms with Crippen molar-refractivity contribution in [2.24, 2.45) is 5.92 Å². The molecule has 1 saturated heterocycles. The van der Waals surface area contributed by atoms with E-state index in [4.69, 9.17) is 4.74 Å². The molecule has 0 spiro atoms. The highest BCUT2D eigenvalue weighted by Gasteiger charge is 2.34. The Labute approximate surface area is 173 Å². The first-order chi connectivity index (χ1) is 14.1. The average molecular weight is 413 g/mol. The van der Waals surface area contributed by atoms with Gasteiger partial charge in [0.15, 0.2) is 0 Å². The second kappa shape index (κ2) is 8.78. The van der Waals surface area contributed by atoms with Crippen molar-refractivity contribution >= 4 is 29.1 Å². The Morgan fingerprint density at radius 1 is 1.00 bits per heavy atom. The molecular weight excluding hydrogens is 388 g/mol. The molecule has 0 bridgehead atoms. The fraction of sp³-hybridized carbons (Fsp3) is 0.409. The lowest BCUT2D eigenvalue weighted by atomic mass is 9.96. The number of amides is 2. The van der Waals surface area contributed by atoms with Crippen LogP contribution in [0.25, 0.3) is 0 Å². The first-order valence-electron chi connectivity index (χ1n) is 10.0. The van der Waals surface area contributed by atoms with E-state index in [0.29, 0.717) is 36.4 Å². The summed E-state index contributed by atoms with van der Waals surface area (Å²) in [6.45, 7) is 1.03. The fourth-order valence-electron chi connectivity index (χ4n) is 3.49. The van der Waals surface area contributed by atoms with E-state index in [0.717, 1.165) is 12.8 Å². The molecule has 4 rings (SSSR count). The van der Waals surface area contributed by atoms with Crippen molar-refractivity contribution in [1.82, 2.24) is 10.2 Å². The van der Waals surface area contributed by atoms with Gasteiger partial charge in [0.1, 0.15) is 0 Å². The van der Waals surface area contributed by atoms with Crippen LogP contribution < -0.4 is 5.32 Å². The number of thiophene rings is 1. The first kappa shape index (κ1) is 19.6. The molecule has 2 heterocycles. The number of hydrogen-bond donors (Lipinski definition) is 1. The molecular formula is C22H24N2O4S. The van der Waals surface area contributed by atoms with Gasteiger partial charge in [-0.1, -0.05) is 36.4 Å². The van der Waals surface area contributed by atoms with Crippen LogP contribution in [0.1, 0.15) is 47.0 Å². The van der Waals surface area contributed by atoms with Crippen LogP contribution in [0, 0.1) is 5.92 Å². The Balaban J connectivity index is 1.36. The highest BCUT2D eigenvalue weighted by Crippen LogP contribution is 2.27. The quantitative estimate of drug-likeness (QED) is 0.740. The number of rotatable bonds is 6. The van der Waals surface area contributed by atoms with Gasteiger partial charge in [-0.05, 0) is 37.1 Å². The predicted molar refractivity (Wildman–Crippen MR) is 109 cm³/mol. The van der Waals surface area contributed by atoms with Crippen LogP contribution in [0.15, 0.2) is 47.8 Å².